The molecule has 0 amide bonds. The first kappa shape index (κ1) is 25.0. The number of aromatic nitrogens is 2. The van der Waals surface area contributed by atoms with Gasteiger partial charge in [0, 0.05) is 22.9 Å². The van der Waals surface area contributed by atoms with Crippen molar-refractivity contribution < 1.29 is 23.6 Å². The number of carbonyl (C=O) groups excluding carboxylic acids is 1. The summed E-state index contributed by atoms with van der Waals surface area (Å²) < 4.78 is 18.8. The Kier molecular flexibility index (Phi) is 8.29. The van der Waals surface area contributed by atoms with Gasteiger partial charge in [-0.25, -0.2) is 9.78 Å². The van der Waals surface area contributed by atoms with Crippen LogP contribution in [0.1, 0.15) is 54.7 Å². The predicted molar refractivity (Wildman–Crippen MR) is 130 cm³/mol. The summed E-state index contributed by atoms with van der Waals surface area (Å²) in [7, 11) is 1.58. The van der Waals surface area contributed by atoms with Gasteiger partial charge in [-0.3, -0.25) is 0 Å². The van der Waals surface area contributed by atoms with E-state index in [0.29, 0.717) is 33.4 Å². The van der Waals surface area contributed by atoms with E-state index in [0.717, 1.165) is 12.0 Å². The van der Waals surface area contributed by atoms with Crippen molar-refractivity contribution in [1.82, 2.24) is 9.55 Å². The van der Waals surface area contributed by atoms with E-state index in [1.165, 1.54) is 6.07 Å². The van der Waals surface area contributed by atoms with Crippen LogP contribution in [0.2, 0.25) is 5.02 Å². The third-order valence-corrected chi connectivity index (χ3v) is 5.62. The lowest BCUT2D eigenvalue weighted by Crippen LogP contribution is -2.17. The van der Waals surface area contributed by atoms with Crippen LogP contribution in [0, 0.1) is 0 Å². The van der Waals surface area contributed by atoms with Gasteiger partial charge >= 0.3 is 5.97 Å². The van der Waals surface area contributed by atoms with Crippen LogP contribution < -0.4 is 4.74 Å². The molecular weight excluding hydrogens is 464 g/mol. The molecule has 0 bridgehead atoms. The minimum Gasteiger partial charge on any atom is -0.508 e. The van der Waals surface area contributed by atoms with Crippen LogP contribution in [0.25, 0.3) is 11.4 Å². The van der Waals surface area contributed by atoms with Gasteiger partial charge in [0.05, 0.1) is 25.0 Å². The van der Waals surface area contributed by atoms with E-state index in [2.05, 4.69) is 0 Å². The number of methoxy groups -OCH3 is 1. The number of carbonyl (C=O) groups is 1. The molecule has 1 N–H and O–H groups in total. The number of ether oxygens (including phenoxy) is 2. The summed E-state index contributed by atoms with van der Waals surface area (Å²) in [6.07, 6.45) is 0.941. The first-order valence-corrected chi connectivity index (χ1v) is 12.0. The summed E-state index contributed by atoms with van der Waals surface area (Å²) in [5, 5.41) is 11.1. The van der Waals surface area contributed by atoms with Crippen molar-refractivity contribution >= 4 is 29.6 Å². The Morgan fingerprint density at radius 2 is 1.97 bits per heavy atom. The van der Waals surface area contributed by atoms with Crippen LogP contribution in [-0.4, -0.2) is 40.6 Å². The summed E-state index contributed by atoms with van der Waals surface area (Å²) in [5.74, 6) is 0.518. The number of halogens is 1. The number of aromatic hydroxyl groups is 1. The lowest BCUT2D eigenvalue weighted by atomic mass is 10.0. The summed E-state index contributed by atoms with van der Waals surface area (Å²) >= 11 is 7.17. The van der Waals surface area contributed by atoms with Crippen molar-refractivity contribution in [2.75, 3.05) is 20.0 Å². The maximum Gasteiger partial charge on any atom is 0.358 e. The van der Waals surface area contributed by atoms with Crippen molar-refractivity contribution in [2.45, 2.75) is 32.9 Å². The lowest BCUT2D eigenvalue weighted by molar-refractivity contribution is 0.0515. The molecule has 1 aromatic heterocycles. The molecule has 0 aliphatic rings. The highest BCUT2D eigenvalue weighted by Crippen LogP contribution is 2.42. The Morgan fingerprint density at radius 3 is 2.58 bits per heavy atom. The van der Waals surface area contributed by atoms with Crippen molar-refractivity contribution in [3.05, 3.63) is 64.4 Å². The molecular formula is C24H27ClN2O5S. The van der Waals surface area contributed by atoms with Gasteiger partial charge in [0.15, 0.2) is 5.69 Å². The fourth-order valence-electron chi connectivity index (χ4n) is 3.67. The number of nitrogens with zero attached hydrogens (tertiary/aromatic N) is 2. The smallest absolute Gasteiger partial charge is 0.358 e. The van der Waals surface area contributed by atoms with Crippen LogP contribution in [0.15, 0.2) is 42.5 Å². The Morgan fingerprint density at radius 1 is 1.24 bits per heavy atom. The van der Waals surface area contributed by atoms with E-state index < -0.39 is 12.1 Å². The van der Waals surface area contributed by atoms with Gasteiger partial charge in [0.2, 0.25) is 0 Å². The maximum atomic E-state index is 13.0. The first-order valence-electron chi connectivity index (χ1n) is 10.4. The molecule has 0 fully saturated rings. The number of benzene rings is 2. The largest absolute Gasteiger partial charge is 0.508 e. The van der Waals surface area contributed by atoms with Gasteiger partial charge in [-0.2, -0.15) is 0 Å². The zero-order valence-corrected chi connectivity index (χ0v) is 20.7. The molecule has 0 saturated carbocycles. The van der Waals surface area contributed by atoms with Crippen LogP contribution in [0.4, 0.5) is 0 Å². The zero-order chi connectivity index (χ0) is 24.1. The molecule has 0 aliphatic heterocycles. The maximum absolute atomic E-state index is 13.0. The molecule has 176 valence electrons. The molecule has 9 heteroatoms. The Labute approximate surface area is 202 Å². The van der Waals surface area contributed by atoms with Crippen LogP contribution in [0.3, 0.4) is 0 Å². The number of hydrogen-bond acceptors (Lipinski definition) is 7. The van der Waals surface area contributed by atoms with Crippen molar-refractivity contribution in [1.29, 1.82) is 0 Å². The molecule has 3 rings (SSSR count). The first-order chi connectivity index (χ1) is 15.8. The Balaban J connectivity index is 2.38. The molecule has 1 unspecified atom stereocenters. The number of para-hydroxylation sites is 1. The van der Waals surface area contributed by atoms with E-state index in [-0.39, 0.29) is 24.1 Å². The number of rotatable bonds is 9. The van der Waals surface area contributed by atoms with Crippen LogP contribution in [0.5, 0.6) is 11.5 Å². The van der Waals surface area contributed by atoms with E-state index in [9.17, 15) is 9.90 Å². The number of esters is 1. The molecule has 2 aromatic carbocycles. The van der Waals surface area contributed by atoms with Gasteiger partial charge in [-0.15, -0.1) is 0 Å². The number of imidazole rings is 1. The molecule has 0 saturated heterocycles. The monoisotopic (exact) mass is 490 g/mol. The average Bonchev–Trinajstić information content (AvgIpc) is 3.18. The topological polar surface area (TPSA) is 82.8 Å². The molecule has 3 aromatic rings. The second-order valence-electron chi connectivity index (χ2n) is 7.40. The Bertz CT molecular complexity index is 1130. The zero-order valence-electron chi connectivity index (χ0n) is 19.2. The summed E-state index contributed by atoms with van der Waals surface area (Å²) in [4.78, 5) is 17.8. The number of hydrogen-bond donors (Lipinski definition) is 1. The highest BCUT2D eigenvalue weighted by atomic mass is 35.5. The minimum absolute atomic E-state index is 0.0493. The van der Waals surface area contributed by atoms with Crippen molar-refractivity contribution in [3.63, 3.8) is 0 Å². The number of phenolic OH excluding ortho intramolecular Hbond substituents is 1. The molecule has 7 nitrogen and oxygen atoms in total. The van der Waals surface area contributed by atoms with Crippen molar-refractivity contribution in [3.8, 4) is 22.9 Å². The fourth-order valence-corrected chi connectivity index (χ4v) is 4.22. The third kappa shape index (κ3) is 5.13. The predicted octanol–water partition coefficient (Wildman–Crippen LogP) is 6.06. The van der Waals surface area contributed by atoms with Crippen LogP contribution in [-0.2, 0) is 8.92 Å². The standard InChI is InChI=1S/C24H27ClN2O5S/c1-6-31-24(29)20-21(22(32-33-5)16-12-11-15(25)13-18(16)28)27(14(2)3)23(26-20)17-9-7-8-10-19(17)30-4/h7-14,22,28H,6H2,1-5H3. The van der Waals surface area contributed by atoms with Crippen molar-refractivity contribution in [2.24, 2.45) is 0 Å². The highest BCUT2D eigenvalue weighted by molar-refractivity contribution is 7.93. The quantitative estimate of drug-likeness (QED) is 0.288. The van der Waals surface area contributed by atoms with E-state index in [1.807, 2.05) is 42.7 Å². The second kappa shape index (κ2) is 11.0. The lowest BCUT2D eigenvalue weighted by Gasteiger charge is -2.23. The van der Waals surface area contributed by atoms with Gasteiger partial charge < -0.3 is 23.3 Å². The molecule has 1 atom stereocenters. The average molecular weight is 491 g/mol. The molecule has 0 radical (unpaired) electrons. The molecule has 1 heterocycles. The van der Waals surface area contributed by atoms with Gasteiger partial charge in [0.1, 0.15) is 23.4 Å². The van der Waals surface area contributed by atoms with E-state index in [1.54, 1.807) is 32.4 Å². The van der Waals surface area contributed by atoms with Gasteiger partial charge in [-0.1, -0.05) is 29.8 Å². The molecule has 0 spiro atoms. The summed E-state index contributed by atoms with van der Waals surface area (Å²) in [6.45, 7) is 5.89. The van der Waals surface area contributed by atoms with Crippen LogP contribution >= 0.6 is 23.6 Å². The van der Waals surface area contributed by atoms with E-state index in [4.69, 9.17) is 30.2 Å². The van der Waals surface area contributed by atoms with Gasteiger partial charge in [0.25, 0.3) is 0 Å². The number of phenols is 1. The SMILES string of the molecule is CCOC(=O)c1nc(-c2ccccc2OC)n(C(C)C)c1C(OSC)c1ccc(Cl)cc1O. The molecule has 0 aliphatic carbocycles. The fraction of sp³-hybridized carbons (Fsp3) is 0.333. The highest BCUT2D eigenvalue weighted by Gasteiger charge is 2.34. The molecule has 33 heavy (non-hydrogen) atoms. The van der Waals surface area contributed by atoms with Gasteiger partial charge in [-0.05, 0) is 57.1 Å². The second-order valence-corrected chi connectivity index (χ2v) is 8.36. The van der Waals surface area contributed by atoms with E-state index >= 15 is 0 Å². The third-order valence-electron chi connectivity index (χ3n) is 5.00. The summed E-state index contributed by atoms with van der Waals surface area (Å²) in [6, 6.07) is 12.1. The minimum atomic E-state index is -0.824. The summed E-state index contributed by atoms with van der Waals surface area (Å²) in [5.41, 5.74) is 1.75. The Hall–Kier alpha value is -2.68. The normalized spacial score (nSPS) is 12.1.